The van der Waals surface area contributed by atoms with E-state index in [0.29, 0.717) is 12.8 Å². The third-order valence-electron chi connectivity index (χ3n) is 7.60. The SMILES string of the molecule is CC/C=C\C/C=C\C/C=C\C/C=C\C/C=C\C/C=C\CCC(=O)OC(COC(=O)CCCCCCC/C=C\C/C=C\CCCCC)COP(=O)(O)O. The third-order valence-corrected chi connectivity index (χ3v) is 8.09. The summed E-state index contributed by atoms with van der Waals surface area (Å²) in [6.07, 6.45) is 51.4. The molecule has 0 bridgehead atoms. The molecule has 0 heterocycles. The summed E-state index contributed by atoms with van der Waals surface area (Å²) < 4.78 is 26.2. The second-order valence-corrected chi connectivity index (χ2v) is 13.8. The van der Waals surface area contributed by atoms with E-state index in [0.717, 1.165) is 77.0 Å². The van der Waals surface area contributed by atoms with Crippen molar-refractivity contribution in [2.24, 2.45) is 0 Å². The number of carbonyl (C=O) groups is 2. The monoisotopic (exact) mass is 744 g/mol. The number of phosphoric ester groups is 1. The molecule has 0 aliphatic rings. The smallest absolute Gasteiger partial charge is 0.462 e. The first-order valence-corrected chi connectivity index (χ1v) is 21.1. The Balaban J connectivity index is 4.14. The van der Waals surface area contributed by atoms with E-state index in [-0.39, 0.29) is 19.4 Å². The zero-order valence-corrected chi connectivity index (χ0v) is 33.1. The van der Waals surface area contributed by atoms with E-state index in [2.05, 4.69) is 103 Å². The van der Waals surface area contributed by atoms with Crippen LogP contribution in [0.15, 0.2) is 97.2 Å². The molecule has 9 heteroatoms. The summed E-state index contributed by atoms with van der Waals surface area (Å²) >= 11 is 0. The highest BCUT2D eigenvalue weighted by atomic mass is 31.2. The largest absolute Gasteiger partial charge is 0.469 e. The van der Waals surface area contributed by atoms with E-state index in [1.807, 2.05) is 12.2 Å². The summed E-state index contributed by atoms with van der Waals surface area (Å²) in [5, 5.41) is 0. The molecule has 52 heavy (non-hydrogen) atoms. The van der Waals surface area contributed by atoms with E-state index in [9.17, 15) is 14.2 Å². The topological polar surface area (TPSA) is 119 Å². The summed E-state index contributed by atoms with van der Waals surface area (Å²) in [5.41, 5.74) is 0. The lowest BCUT2D eigenvalue weighted by Gasteiger charge is -2.18. The molecule has 0 aromatic heterocycles. The normalized spacial score (nSPS) is 13.5. The lowest BCUT2D eigenvalue weighted by atomic mass is 10.1. The number of hydrogen-bond donors (Lipinski definition) is 2. The van der Waals surface area contributed by atoms with Crippen LogP contribution in [0.5, 0.6) is 0 Å². The van der Waals surface area contributed by atoms with Crippen molar-refractivity contribution >= 4 is 19.8 Å². The highest BCUT2D eigenvalue weighted by Crippen LogP contribution is 2.35. The number of carbonyl (C=O) groups excluding carboxylic acids is 2. The number of hydrogen-bond acceptors (Lipinski definition) is 6. The van der Waals surface area contributed by atoms with E-state index >= 15 is 0 Å². The van der Waals surface area contributed by atoms with Gasteiger partial charge in [-0.15, -0.1) is 0 Å². The van der Waals surface area contributed by atoms with Crippen molar-refractivity contribution in [2.45, 2.75) is 148 Å². The first-order chi connectivity index (χ1) is 25.3. The predicted octanol–water partition coefficient (Wildman–Crippen LogP) is 11.8. The summed E-state index contributed by atoms with van der Waals surface area (Å²) in [6.45, 7) is 3.45. The fourth-order valence-electron chi connectivity index (χ4n) is 4.72. The number of rotatable bonds is 34. The molecule has 0 aliphatic carbocycles. The van der Waals surface area contributed by atoms with Crippen LogP contribution in [-0.2, 0) is 28.2 Å². The maximum atomic E-state index is 12.3. The van der Waals surface area contributed by atoms with E-state index in [1.54, 1.807) is 0 Å². The molecule has 294 valence electrons. The summed E-state index contributed by atoms with van der Waals surface area (Å²) in [5.74, 6) is -1.01. The minimum atomic E-state index is -4.78. The number of phosphoric acid groups is 1. The van der Waals surface area contributed by atoms with Gasteiger partial charge >= 0.3 is 19.8 Å². The van der Waals surface area contributed by atoms with E-state index < -0.39 is 32.5 Å². The van der Waals surface area contributed by atoms with Crippen LogP contribution in [0.3, 0.4) is 0 Å². The zero-order chi connectivity index (χ0) is 38.2. The van der Waals surface area contributed by atoms with Crippen molar-refractivity contribution in [3.05, 3.63) is 97.2 Å². The first-order valence-electron chi connectivity index (χ1n) is 19.5. The number of ether oxygens (including phenoxy) is 2. The van der Waals surface area contributed by atoms with Gasteiger partial charge in [-0.05, 0) is 83.5 Å². The maximum absolute atomic E-state index is 12.3. The first kappa shape index (κ1) is 49.0. The van der Waals surface area contributed by atoms with Crippen LogP contribution >= 0.6 is 7.82 Å². The second-order valence-electron chi connectivity index (χ2n) is 12.5. The van der Waals surface area contributed by atoms with Gasteiger partial charge in [0, 0.05) is 12.8 Å². The molecule has 0 aromatic carbocycles. The molecule has 0 spiro atoms. The molecular formula is C43H69O8P. The molecule has 0 saturated heterocycles. The van der Waals surface area contributed by atoms with Gasteiger partial charge < -0.3 is 19.3 Å². The summed E-state index contributed by atoms with van der Waals surface area (Å²) in [4.78, 5) is 42.7. The van der Waals surface area contributed by atoms with Crippen LogP contribution in [0.2, 0.25) is 0 Å². The highest BCUT2D eigenvalue weighted by Gasteiger charge is 2.22. The molecule has 0 radical (unpaired) electrons. The standard InChI is InChI=1S/C43H69O8P/c1-3-5-7-9-11-13-15-17-19-20-21-22-24-26-28-30-32-34-36-38-43(45)51-41(40-50-52(46,47)48)39-49-42(44)37-35-33-31-29-27-25-23-18-16-14-12-10-8-6-4-2/h5,7,11-14,17-19,21-23,26,28,32,34,41H,3-4,6,8-10,15-16,20,24-25,27,29-31,33,35-40H2,1-2H3,(H2,46,47,48)/b7-5-,13-11-,14-12-,19-17-,22-21-,23-18-,28-26-,34-32-. The van der Waals surface area contributed by atoms with Crippen LogP contribution in [-0.4, -0.2) is 41.0 Å². The van der Waals surface area contributed by atoms with Crippen molar-refractivity contribution in [3.63, 3.8) is 0 Å². The van der Waals surface area contributed by atoms with Crippen molar-refractivity contribution in [3.8, 4) is 0 Å². The van der Waals surface area contributed by atoms with Gasteiger partial charge in [0.1, 0.15) is 6.61 Å². The molecule has 0 fully saturated rings. The third kappa shape index (κ3) is 39.8. The van der Waals surface area contributed by atoms with Gasteiger partial charge in [-0.1, -0.05) is 143 Å². The Hall–Kier alpha value is -3.03. The lowest BCUT2D eigenvalue weighted by molar-refractivity contribution is -0.161. The second kappa shape index (κ2) is 37.7. The Labute approximate surface area is 315 Å². The fourth-order valence-corrected chi connectivity index (χ4v) is 5.08. The Morgan fingerprint density at radius 3 is 1.46 bits per heavy atom. The number of allylic oxidation sites excluding steroid dienone is 16. The number of esters is 2. The van der Waals surface area contributed by atoms with Crippen LogP contribution < -0.4 is 0 Å². The van der Waals surface area contributed by atoms with Crippen LogP contribution in [0.1, 0.15) is 142 Å². The number of unbranched alkanes of at least 4 members (excludes halogenated alkanes) is 8. The van der Waals surface area contributed by atoms with Crippen LogP contribution in [0.4, 0.5) is 0 Å². The fraction of sp³-hybridized carbons (Fsp3) is 0.581. The molecular weight excluding hydrogens is 675 g/mol. The zero-order valence-electron chi connectivity index (χ0n) is 32.2. The van der Waals surface area contributed by atoms with Crippen molar-refractivity contribution in [1.82, 2.24) is 0 Å². The van der Waals surface area contributed by atoms with Gasteiger partial charge in [-0.3, -0.25) is 14.1 Å². The predicted molar refractivity (Wildman–Crippen MR) is 216 cm³/mol. The molecule has 1 atom stereocenters. The Morgan fingerprint density at radius 2 is 0.962 bits per heavy atom. The van der Waals surface area contributed by atoms with Crippen molar-refractivity contribution < 1.29 is 37.9 Å². The Kier molecular flexibility index (Phi) is 35.5. The molecule has 0 aliphatic heterocycles. The minimum Gasteiger partial charge on any atom is -0.462 e. The quantitative estimate of drug-likeness (QED) is 0.0289. The van der Waals surface area contributed by atoms with Crippen LogP contribution in [0.25, 0.3) is 0 Å². The molecule has 0 amide bonds. The van der Waals surface area contributed by atoms with Gasteiger partial charge in [0.05, 0.1) is 6.61 Å². The van der Waals surface area contributed by atoms with Gasteiger partial charge in [0.2, 0.25) is 0 Å². The van der Waals surface area contributed by atoms with E-state index in [1.165, 1.54) is 25.7 Å². The van der Waals surface area contributed by atoms with Gasteiger partial charge in [-0.2, -0.15) is 0 Å². The van der Waals surface area contributed by atoms with Crippen molar-refractivity contribution in [2.75, 3.05) is 13.2 Å². The van der Waals surface area contributed by atoms with E-state index in [4.69, 9.17) is 19.3 Å². The van der Waals surface area contributed by atoms with Gasteiger partial charge in [0.25, 0.3) is 0 Å². The summed E-state index contributed by atoms with van der Waals surface area (Å²) in [7, 11) is -4.78. The molecule has 0 saturated carbocycles. The van der Waals surface area contributed by atoms with Crippen LogP contribution in [0, 0.1) is 0 Å². The van der Waals surface area contributed by atoms with Crippen molar-refractivity contribution in [1.29, 1.82) is 0 Å². The minimum absolute atomic E-state index is 0.0779. The average Bonchev–Trinajstić information content (AvgIpc) is 3.11. The Bertz CT molecular complexity index is 1160. The molecule has 0 aromatic rings. The maximum Gasteiger partial charge on any atom is 0.469 e. The van der Waals surface area contributed by atoms with Gasteiger partial charge in [-0.25, -0.2) is 4.57 Å². The Morgan fingerprint density at radius 1 is 0.519 bits per heavy atom. The lowest BCUT2D eigenvalue weighted by Crippen LogP contribution is -2.29. The summed E-state index contributed by atoms with van der Waals surface area (Å²) in [6, 6.07) is 0. The highest BCUT2D eigenvalue weighted by molar-refractivity contribution is 7.46. The molecule has 0 rings (SSSR count). The molecule has 8 nitrogen and oxygen atoms in total. The average molecular weight is 745 g/mol. The van der Waals surface area contributed by atoms with Gasteiger partial charge in [0.15, 0.2) is 6.10 Å². The molecule has 1 unspecified atom stereocenters. The molecule has 2 N–H and O–H groups in total.